The van der Waals surface area contributed by atoms with E-state index in [1.165, 1.54) is 7.11 Å². The van der Waals surface area contributed by atoms with E-state index in [1.54, 1.807) is 18.2 Å². The van der Waals surface area contributed by atoms with Gasteiger partial charge in [0.1, 0.15) is 11.8 Å². The van der Waals surface area contributed by atoms with E-state index in [4.69, 9.17) is 16.3 Å². The average molecular weight is 471 g/mol. The van der Waals surface area contributed by atoms with E-state index in [1.807, 2.05) is 0 Å². The van der Waals surface area contributed by atoms with Crippen molar-refractivity contribution in [3.8, 4) is 11.8 Å². The highest BCUT2D eigenvalue weighted by Crippen LogP contribution is 2.37. The Labute approximate surface area is 197 Å². The molecule has 1 aromatic carbocycles. The number of carbonyl (C=O) groups excluding carboxylic acids is 3. The number of nitriles is 1. The second kappa shape index (κ2) is 9.84. The minimum absolute atomic E-state index is 0.0337. The fraction of sp³-hybridized carbons (Fsp3) is 0.500. The fourth-order valence-corrected chi connectivity index (χ4v) is 4.71. The van der Waals surface area contributed by atoms with Crippen molar-refractivity contribution in [3.05, 3.63) is 28.9 Å². The Balaban J connectivity index is 1.45. The smallest absolute Gasteiger partial charge is 0.224 e. The van der Waals surface area contributed by atoms with Crippen molar-refractivity contribution in [1.82, 2.24) is 15.6 Å². The first-order chi connectivity index (χ1) is 15.9. The zero-order valence-corrected chi connectivity index (χ0v) is 19.2. The van der Waals surface area contributed by atoms with Gasteiger partial charge < -0.3 is 20.4 Å². The summed E-state index contributed by atoms with van der Waals surface area (Å²) in [6.45, 7) is 0.592. The summed E-state index contributed by atoms with van der Waals surface area (Å²) in [6.07, 6.45) is 3.67. The number of amides is 2. The van der Waals surface area contributed by atoms with E-state index in [0.717, 1.165) is 12.8 Å². The molecular formula is C24H27ClN4O4. The lowest BCUT2D eigenvalue weighted by atomic mass is 9.93. The number of benzene rings is 1. The third-order valence-electron chi connectivity index (χ3n) is 6.50. The second-order valence-electron chi connectivity index (χ2n) is 8.93. The molecule has 4 rings (SSSR count). The van der Waals surface area contributed by atoms with Gasteiger partial charge in [-0.1, -0.05) is 24.4 Å². The van der Waals surface area contributed by atoms with Crippen LogP contribution in [-0.4, -0.2) is 42.3 Å². The predicted molar refractivity (Wildman–Crippen MR) is 123 cm³/mol. The lowest BCUT2D eigenvalue weighted by Crippen LogP contribution is -2.40. The summed E-state index contributed by atoms with van der Waals surface area (Å²) in [6, 6.07) is 6.54. The number of carbonyl (C=O) groups is 3. The van der Waals surface area contributed by atoms with Gasteiger partial charge in [0.25, 0.3) is 0 Å². The van der Waals surface area contributed by atoms with Gasteiger partial charge in [0.2, 0.25) is 11.8 Å². The largest absolute Gasteiger partial charge is 0.495 e. The normalized spacial score (nSPS) is 19.5. The number of aromatic nitrogens is 1. The third kappa shape index (κ3) is 5.31. The van der Waals surface area contributed by atoms with Gasteiger partial charge in [-0.15, -0.1) is 0 Å². The molecule has 2 fully saturated rings. The van der Waals surface area contributed by atoms with Gasteiger partial charge in [-0.3, -0.25) is 14.4 Å². The second-order valence-corrected chi connectivity index (χ2v) is 9.31. The molecule has 1 saturated carbocycles. The number of fused-ring (bicyclic) bond motifs is 1. The van der Waals surface area contributed by atoms with Crippen LogP contribution in [0, 0.1) is 29.1 Å². The summed E-state index contributed by atoms with van der Waals surface area (Å²) in [7, 11) is 1.53. The van der Waals surface area contributed by atoms with Crippen LogP contribution in [0.2, 0.25) is 5.02 Å². The van der Waals surface area contributed by atoms with E-state index in [2.05, 4.69) is 21.7 Å². The molecule has 33 heavy (non-hydrogen) atoms. The minimum Gasteiger partial charge on any atom is -0.495 e. The highest BCUT2D eigenvalue weighted by atomic mass is 35.5. The molecule has 2 amide bonds. The van der Waals surface area contributed by atoms with Gasteiger partial charge in [-0.25, -0.2) is 0 Å². The lowest BCUT2D eigenvalue weighted by Gasteiger charge is -2.19. The molecule has 0 bridgehead atoms. The molecule has 3 N–H and O–H groups in total. The zero-order valence-electron chi connectivity index (χ0n) is 18.4. The molecule has 0 spiro atoms. The number of ketones is 1. The molecule has 0 radical (unpaired) electrons. The van der Waals surface area contributed by atoms with Crippen molar-refractivity contribution in [2.45, 2.75) is 44.6 Å². The van der Waals surface area contributed by atoms with E-state index in [0.29, 0.717) is 52.7 Å². The van der Waals surface area contributed by atoms with Crippen LogP contribution in [0.3, 0.4) is 0 Å². The summed E-state index contributed by atoms with van der Waals surface area (Å²) >= 11 is 6.37. The van der Waals surface area contributed by atoms with Crippen LogP contribution < -0.4 is 15.4 Å². The third-order valence-corrected chi connectivity index (χ3v) is 6.89. The molecule has 3 atom stereocenters. The maximum Gasteiger partial charge on any atom is 0.224 e. The van der Waals surface area contributed by atoms with E-state index in [9.17, 15) is 19.6 Å². The molecule has 2 heterocycles. The van der Waals surface area contributed by atoms with Crippen LogP contribution in [0.25, 0.3) is 10.9 Å². The molecule has 2 aliphatic rings. The van der Waals surface area contributed by atoms with Crippen molar-refractivity contribution in [2.75, 3.05) is 13.7 Å². The van der Waals surface area contributed by atoms with E-state index < -0.39 is 12.0 Å². The maximum absolute atomic E-state index is 13.1. The first-order valence-corrected chi connectivity index (χ1v) is 11.6. The standard InChI is InChI=1S/C24H27ClN4O4/c1-33-21-5-4-18-17(22(21)25)11-19(29-18)20(30)10-15(8-13-2-3-13)24(32)28-16(12-26)9-14-6-7-27-23(14)31/h4-5,11,13-16,29H,2-3,6-10H2,1H3,(H,27,31)(H,28,32)/t14?,15-,16+/m1/s1. The summed E-state index contributed by atoms with van der Waals surface area (Å²) in [4.78, 5) is 41.0. The zero-order chi connectivity index (χ0) is 23.5. The fourth-order valence-electron chi connectivity index (χ4n) is 4.42. The Morgan fingerprint density at radius 3 is 2.73 bits per heavy atom. The maximum atomic E-state index is 13.1. The van der Waals surface area contributed by atoms with Crippen LogP contribution in [0.4, 0.5) is 0 Å². The summed E-state index contributed by atoms with van der Waals surface area (Å²) in [5.41, 5.74) is 1.10. The minimum atomic E-state index is -0.762. The van der Waals surface area contributed by atoms with Crippen LogP contribution in [-0.2, 0) is 9.59 Å². The first kappa shape index (κ1) is 23.1. The van der Waals surface area contributed by atoms with Gasteiger partial charge in [0.15, 0.2) is 5.78 Å². The number of hydrogen-bond acceptors (Lipinski definition) is 5. The van der Waals surface area contributed by atoms with Crippen LogP contribution in [0.1, 0.15) is 49.0 Å². The summed E-state index contributed by atoms with van der Waals surface area (Å²) in [5.74, 6) is -0.436. The molecule has 8 nitrogen and oxygen atoms in total. The van der Waals surface area contributed by atoms with Crippen molar-refractivity contribution in [2.24, 2.45) is 17.8 Å². The van der Waals surface area contributed by atoms with Gasteiger partial charge in [-0.2, -0.15) is 5.26 Å². The van der Waals surface area contributed by atoms with Crippen molar-refractivity contribution in [3.63, 3.8) is 0 Å². The molecule has 1 aromatic heterocycles. The Morgan fingerprint density at radius 2 is 2.09 bits per heavy atom. The highest BCUT2D eigenvalue weighted by Gasteiger charge is 2.34. The molecule has 2 aromatic rings. The van der Waals surface area contributed by atoms with Crippen molar-refractivity contribution in [1.29, 1.82) is 5.26 Å². The van der Waals surface area contributed by atoms with Gasteiger partial charge in [0.05, 0.1) is 23.9 Å². The average Bonchev–Trinajstić information content (AvgIpc) is 3.36. The Morgan fingerprint density at radius 1 is 1.30 bits per heavy atom. The number of methoxy groups -OCH3 is 1. The van der Waals surface area contributed by atoms with E-state index >= 15 is 0 Å². The Hall–Kier alpha value is -3.05. The highest BCUT2D eigenvalue weighted by molar-refractivity contribution is 6.37. The van der Waals surface area contributed by atoms with Crippen molar-refractivity contribution < 1.29 is 19.1 Å². The number of nitrogens with zero attached hydrogens (tertiary/aromatic N) is 1. The molecule has 1 saturated heterocycles. The number of nitrogens with one attached hydrogen (secondary N) is 3. The molecule has 9 heteroatoms. The molecule has 174 valence electrons. The van der Waals surface area contributed by atoms with Gasteiger partial charge >= 0.3 is 0 Å². The van der Waals surface area contributed by atoms with Crippen molar-refractivity contribution >= 4 is 40.1 Å². The monoisotopic (exact) mass is 470 g/mol. The van der Waals surface area contributed by atoms with E-state index in [-0.39, 0.29) is 36.4 Å². The quantitative estimate of drug-likeness (QED) is 0.459. The van der Waals surface area contributed by atoms with Crippen LogP contribution in [0.5, 0.6) is 5.75 Å². The first-order valence-electron chi connectivity index (χ1n) is 11.3. The molecular weight excluding hydrogens is 444 g/mol. The SMILES string of the molecule is COc1ccc2[nH]c(C(=O)C[C@@H](CC3CC3)C(=O)N[C@H](C#N)CC3CCNC3=O)cc2c1Cl. The lowest BCUT2D eigenvalue weighted by molar-refractivity contribution is -0.127. The Kier molecular flexibility index (Phi) is 6.89. The van der Waals surface area contributed by atoms with Crippen LogP contribution >= 0.6 is 11.6 Å². The molecule has 1 aliphatic heterocycles. The summed E-state index contributed by atoms with van der Waals surface area (Å²) in [5, 5.41) is 16.1. The van der Waals surface area contributed by atoms with Gasteiger partial charge in [0, 0.05) is 35.7 Å². The molecule has 1 unspecified atom stereocenters. The predicted octanol–water partition coefficient (Wildman–Crippen LogP) is 3.35. The number of ether oxygens (including phenoxy) is 1. The molecule has 1 aliphatic carbocycles. The number of H-pyrrole nitrogens is 1. The van der Waals surface area contributed by atoms with Gasteiger partial charge in [-0.05, 0) is 43.4 Å². The number of hydrogen-bond donors (Lipinski definition) is 3. The Bertz CT molecular complexity index is 1120. The van der Waals surface area contributed by atoms with Crippen LogP contribution in [0.15, 0.2) is 18.2 Å². The number of rotatable bonds is 10. The number of aromatic amines is 1. The summed E-state index contributed by atoms with van der Waals surface area (Å²) < 4.78 is 5.24. The number of Topliss-reactive ketones (excluding diaryl/α,β-unsaturated/α-hetero) is 1. The topological polar surface area (TPSA) is 124 Å². The number of halogens is 1.